The van der Waals surface area contributed by atoms with Gasteiger partial charge in [0.05, 0.1) is 23.5 Å². The Bertz CT molecular complexity index is 1120. The molecule has 1 atom stereocenters. The maximum absolute atomic E-state index is 13.5. The summed E-state index contributed by atoms with van der Waals surface area (Å²) in [5.74, 6) is -0.245. The number of rotatable bonds is 8. The van der Waals surface area contributed by atoms with E-state index in [0.29, 0.717) is 43.0 Å². The molecular weight excluding hydrogens is 427 g/mol. The normalized spacial score (nSPS) is 15.4. The van der Waals surface area contributed by atoms with Crippen molar-refractivity contribution in [3.8, 4) is 11.3 Å². The third kappa shape index (κ3) is 5.46. The Labute approximate surface area is 190 Å². The second kappa shape index (κ2) is 10.1. The van der Waals surface area contributed by atoms with Gasteiger partial charge in [0.15, 0.2) is 0 Å². The number of hydrogen-bond acceptors (Lipinski definition) is 5. The van der Waals surface area contributed by atoms with Crippen molar-refractivity contribution in [3.63, 3.8) is 0 Å². The first kappa shape index (κ1) is 22.3. The summed E-state index contributed by atoms with van der Waals surface area (Å²) < 4.78 is 13.5. The third-order valence-corrected chi connectivity index (χ3v) is 5.65. The second-order valence-electron chi connectivity index (χ2n) is 7.87. The number of hydrogen-bond donors (Lipinski definition) is 4. The van der Waals surface area contributed by atoms with Gasteiger partial charge in [-0.05, 0) is 49.1 Å². The lowest BCUT2D eigenvalue weighted by molar-refractivity contribution is 0.0934. The molecule has 1 fully saturated rings. The van der Waals surface area contributed by atoms with Crippen LogP contribution in [0, 0.1) is 5.82 Å². The van der Waals surface area contributed by atoms with E-state index in [-0.39, 0.29) is 24.3 Å². The Morgan fingerprint density at radius 3 is 2.91 bits per heavy atom. The number of carboxylic acid groups (broad SMARTS) is 1. The van der Waals surface area contributed by atoms with Crippen LogP contribution >= 0.6 is 0 Å². The van der Waals surface area contributed by atoms with E-state index in [9.17, 15) is 19.1 Å². The van der Waals surface area contributed by atoms with Crippen LogP contribution in [0.4, 0.5) is 15.0 Å². The summed E-state index contributed by atoms with van der Waals surface area (Å²) in [5.41, 5.74) is 2.59. The van der Waals surface area contributed by atoms with E-state index in [1.165, 1.54) is 17.0 Å². The molecule has 0 radical (unpaired) electrons. The SMILES string of the molecule is O=C(NC[C@H]1CCCN1C(=O)O)c1ccc(-c2cn[nH]c2)nc1NCCc1cccc(F)c1. The van der Waals surface area contributed by atoms with Gasteiger partial charge in [-0.1, -0.05) is 12.1 Å². The van der Waals surface area contributed by atoms with E-state index in [4.69, 9.17) is 0 Å². The van der Waals surface area contributed by atoms with Gasteiger partial charge in [0.1, 0.15) is 11.6 Å². The predicted octanol–water partition coefficient (Wildman–Crippen LogP) is 3.14. The highest BCUT2D eigenvalue weighted by Crippen LogP contribution is 2.22. The zero-order chi connectivity index (χ0) is 23.2. The number of nitrogens with one attached hydrogen (secondary N) is 3. The molecule has 1 aromatic carbocycles. The lowest BCUT2D eigenvalue weighted by Crippen LogP contribution is -2.42. The molecule has 2 aromatic heterocycles. The number of amides is 2. The van der Waals surface area contributed by atoms with Crippen LogP contribution in [0.2, 0.25) is 0 Å². The molecule has 4 rings (SSSR count). The number of carbonyl (C=O) groups excluding carboxylic acids is 1. The molecule has 2 amide bonds. The van der Waals surface area contributed by atoms with Gasteiger partial charge < -0.3 is 20.6 Å². The van der Waals surface area contributed by atoms with Gasteiger partial charge in [0.25, 0.3) is 5.91 Å². The van der Waals surface area contributed by atoms with Crippen molar-refractivity contribution < 1.29 is 19.1 Å². The van der Waals surface area contributed by atoms with Crippen molar-refractivity contribution in [2.75, 3.05) is 25.0 Å². The largest absolute Gasteiger partial charge is 0.465 e. The van der Waals surface area contributed by atoms with Gasteiger partial charge in [0.2, 0.25) is 0 Å². The molecule has 3 heterocycles. The third-order valence-electron chi connectivity index (χ3n) is 5.65. The van der Waals surface area contributed by atoms with Crippen molar-refractivity contribution in [1.82, 2.24) is 25.4 Å². The molecule has 1 saturated heterocycles. The van der Waals surface area contributed by atoms with Crippen LogP contribution < -0.4 is 10.6 Å². The summed E-state index contributed by atoms with van der Waals surface area (Å²) in [6, 6.07) is 9.53. The average Bonchev–Trinajstić information content (AvgIpc) is 3.50. The highest BCUT2D eigenvalue weighted by Gasteiger charge is 2.29. The zero-order valence-corrected chi connectivity index (χ0v) is 17.9. The van der Waals surface area contributed by atoms with Crippen LogP contribution in [0.5, 0.6) is 0 Å². The molecule has 0 saturated carbocycles. The van der Waals surface area contributed by atoms with Crippen LogP contribution in [-0.2, 0) is 6.42 Å². The monoisotopic (exact) mass is 452 g/mol. The quantitative estimate of drug-likeness (QED) is 0.416. The smallest absolute Gasteiger partial charge is 0.407 e. The van der Waals surface area contributed by atoms with Crippen molar-refractivity contribution in [1.29, 1.82) is 0 Å². The first-order chi connectivity index (χ1) is 16.0. The molecule has 1 aliphatic heterocycles. The van der Waals surface area contributed by atoms with Gasteiger partial charge in [-0.25, -0.2) is 14.2 Å². The van der Waals surface area contributed by atoms with Crippen LogP contribution in [0.25, 0.3) is 11.3 Å². The molecule has 0 aliphatic carbocycles. The first-order valence-corrected chi connectivity index (χ1v) is 10.8. The second-order valence-corrected chi connectivity index (χ2v) is 7.87. The van der Waals surface area contributed by atoms with Crippen molar-refractivity contribution in [2.45, 2.75) is 25.3 Å². The number of benzene rings is 1. The molecule has 0 spiro atoms. The van der Waals surface area contributed by atoms with Crippen LogP contribution in [0.1, 0.15) is 28.8 Å². The Hall–Kier alpha value is -3.95. The average molecular weight is 452 g/mol. The van der Waals surface area contributed by atoms with Crippen LogP contribution in [-0.4, -0.2) is 62.9 Å². The number of anilines is 1. The summed E-state index contributed by atoms with van der Waals surface area (Å²) >= 11 is 0. The molecule has 3 aromatic rings. The fraction of sp³-hybridized carbons (Fsp3) is 0.304. The van der Waals surface area contributed by atoms with Crippen molar-refractivity contribution >= 4 is 17.8 Å². The number of likely N-dealkylation sites (tertiary alicyclic amines) is 1. The van der Waals surface area contributed by atoms with E-state index >= 15 is 0 Å². The van der Waals surface area contributed by atoms with Crippen LogP contribution in [0.3, 0.4) is 0 Å². The molecular formula is C23H25FN6O3. The fourth-order valence-electron chi connectivity index (χ4n) is 3.95. The molecule has 4 N–H and O–H groups in total. The van der Waals surface area contributed by atoms with Gasteiger partial charge in [-0.15, -0.1) is 0 Å². The van der Waals surface area contributed by atoms with Crippen molar-refractivity contribution in [2.24, 2.45) is 0 Å². The number of aromatic nitrogens is 3. The van der Waals surface area contributed by atoms with E-state index in [2.05, 4.69) is 25.8 Å². The van der Waals surface area contributed by atoms with Gasteiger partial charge >= 0.3 is 6.09 Å². The first-order valence-electron chi connectivity index (χ1n) is 10.8. The molecule has 0 unspecified atom stereocenters. The summed E-state index contributed by atoms with van der Waals surface area (Å²) in [6.45, 7) is 1.15. The Morgan fingerprint density at radius 1 is 1.27 bits per heavy atom. The maximum Gasteiger partial charge on any atom is 0.407 e. The lowest BCUT2D eigenvalue weighted by Gasteiger charge is -2.22. The van der Waals surface area contributed by atoms with E-state index in [1.807, 2.05) is 6.07 Å². The fourth-order valence-corrected chi connectivity index (χ4v) is 3.95. The number of pyridine rings is 1. The summed E-state index contributed by atoms with van der Waals surface area (Å²) in [5, 5.41) is 22.0. The van der Waals surface area contributed by atoms with Crippen LogP contribution in [0.15, 0.2) is 48.8 Å². The number of halogens is 1. The lowest BCUT2D eigenvalue weighted by atomic mass is 10.1. The van der Waals surface area contributed by atoms with E-state index in [1.54, 1.807) is 30.6 Å². The van der Waals surface area contributed by atoms with Crippen molar-refractivity contribution in [3.05, 3.63) is 65.7 Å². The Balaban J connectivity index is 1.48. The maximum atomic E-state index is 13.5. The van der Waals surface area contributed by atoms with Gasteiger partial charge in [-0.2, -0.15) is 5.10 Å². The highest BCUT2D eigenvalue weighted by atomic mass is 19.1. The Morgan fingerprint density at radius 2 is 2.15 bits per heavy atom. The minimum Gasteiger partial charge on any atom is -0.465 e. The molecule has 9 nitrogen and oxygen atoms in total. The number of aromatic amines is 1. The molecule has 0 bridgehead atoms. The molecule has 10 heteroatoms. The topological polar surface area (TPSA) is 123 Å². The Kier molecular flexibility index (Phi) is 6.82. The number of carbonyl (C=O) groups is 2. The highest BCUT2D eigenvalue weighted by molar-refractivity contribution is 5.99. The number of H-pyrrole nitrogens is 1. The van der Waals surface area contributed by atoms with Gasteiger partial charge in [0, 0.05) is 31.4 Å². The minimum absolute atomic E-state index is 0.233. The number of nitrogens with zero attached hydrogens (tertiary/aromatic N) is 3. The summed E-state index contributed by atoms with van der Waals surface area (Å²) in [6.07, 6.45) is 4.41. The molecule has 33 heavy (non-hydrogen) atoms. The summed E-state index contributed by atoms with van der Waals surface area (Å²) in [7, 11) is 0. The van der Waals surface area contributed by atoms with E-state index < -0.39 is 6.09 Å². The summed E-state index contributed by atoms with van der Waals surface area (Å²) in [4.78, 5) is 30.3. The van der Waals surface area contributed by atoms with E-state index in [0.717, 1.165) is 17.5 Å². The standard InChI is InChI=1S/C23H25FN6O3/c24-17-4-1-3-15(11-17)8-9-25-21-19(6-7-20(29-21)16-12-27-28-13-16)22(31)26-14-18-5-2-10-30(18)23(32)33/h1,3-4,6-7,11-13,18H,2,5,8-10,14H2,(H,25,29)(H,26,31)(H,27,28)(H,32,33)/t18-/m1/s1. The van der Waals surface area contributed by atoms with Gasteiger partial charge in [-0.3, -0.25) is 9.89 Å². The molecule has 172 valence electrons. The predicted molar refractivity (Wildman–Crippen MR) is 120 cm³/mol. The molecule has 1 aliphatic rings. The minimum atomic E-state index is -0.974. The zero-order valence-electron chi connectivity index (χ0n) is 17.9.